The second kappa shape index (κ2) is 5.54. The summed E-state index contributed by atoms with van der Waals surface area (Å²) >= 11 is 0. The van der Waals surface area contributed by atoms with Gasteiger partial charge in [0.05, 0.1) is 0 Å². The van der Waals surface area contributed by atoms with E-state index >= 15 is 0 Å². The molecular formula is C18H19N3O. The second-order valence-corrected chi connectivity index (χ2v) is 6.20. The van der Waals surface area contributed by atoms with Gasteiger partial charge in [-0.05, 0) is 23.1 Å². The van der Waals surface area contributed by atoms with Crippen molar-refractivity contribution in [2.45, 2.75) is 12.5 Å². The van der Waals surface area contributed by atoms with E-state index in [1.165, 1.54) is 5.56 Å². The minimum Gasteiger partial charge on any atom is -0.350 e. The van der Waals surface area contributed by atoms with E-state index in [-0.39, 0.29) is 5.91 Å². The van der Waals surface area contributed by atoms with Crippen LogP contribution in [0.3, 0.4) is 0 Å². The molecule has 0 radical (unpaired) electrons. The third-order valence-electron chi connectivity index (χ3n) is 4.74. The monoisotopic (exact) mass is 293 g/mol. The van der Waals surface area contributed by atoms with Crippen LogP contribution in [0.15, 0.2) is 48.7 Å². The average molecular weight is 293 g/mol. The Bertz CT molecular complexity index is 686. The number of carbonyl (C=O) groups excluding carboxylic acids is 1. The number of nitrogens with one attached hydrogen (secondary N) is 1. The van der Waals surface area contributed by atoms with Crippen LogP contribution in [0.1, 0.15) is 27.5 Å². The van der Waals surface area contributed by atoms with Crippen molar-refractivity contribution in [1.29, 1.82) is 0 Å². The van der Waals surface area contributed by atoms with E-state index in [4.69, 9.17) is 0 Å². The topological polar surface area (TPSA) is 45.2 Å². The van der Waals surface area contributed by atoms with E-state index in [9.17, 15) is 4.79 Å². The van der Waals surface area contributed by atoms with Gasteiger partial charge in [-0.15, -0.1) is 0 Å². The minimum absolute atomic E-state index is 0.0281. The lowest BCUT2D eigenvalue weighted by atomic mass is 9.89. The van der Waals surface area contributed by atoms with Crippen molar-refractivity contribution in [3.63, 3.8) is 0 Å². The molecule has 0 spiro atoms. The number of nitrogens with zero attached hydrogens (tertiary/aromatic N) is 2. The number of aromatic nitrogens is 1. The number of hydrogen-bond acceptors (Lipinski definition) is 3. The van der Waals surface area contributed by atoms with Crippen LogP contribution in [0.2, 0.25) is 0 Å². The summed E-state index contributed by atoms with van der Waals surface area (Å²) in [5, 5.41) is 3.03. The van der Waals surface area contributed by atoms with Gasteiger partial charge in [0.2, 0.25) is 0 Å². The molecule has 0 unspecified atom stereocenters. The number of hydrogen-bond donors (Lipinski definition) is 1. The van der Waals surface area contributed by atoms with Crippen molar-refractivity contribution in [3.8, 4) is 0 Å². The van der Waals surface area contributed by atoms with Gasteiger partial charge in [-0.2, -0.15) is 0 Å². The van der Waals surface area contributed by atoms with Crippen LogP contribution in [0.5, 0.6) is 0 Å². The number of fused-ring (bicyclic) bond motifs is 3. The smallest absolute Gasteiger partial charge is 0.270 e. The van der Waals surface area contributed by atoms with E-state index in [0.29, 0.717) is 17.5 Å². The average Bonchev–Trinajstić information content (AvgIpc) is 2.91. The molecule has 2 aliphatic rings. The molecule has 1 fully saturated rings. The summed E-state index contributed by atoms with van der Waals surface area (Å²) in [6.07, 6.45) is 1.70. The molecule has 2 aliphatic heterocycles. The van der Waals surface area contributed by atoms with Gasteiger partial charge in [-0.3, -0.25) is 14.7 Å². The predicted octanol–water partition coefficient (Wildman–Crippen LogP) is 2.04. The first-order chi connectivity index (χ1) is 10.8. The fraction of sp³-hybridized carbons (Fsp3) is 0.333. The second-order valence-electron chi connectivity index (χ2n) is 6.20. The summed E-state index contributed by atoms with van der Waals surface area (Å²) in [4.78, 5) is 18.9. The molecule has 0 saturated carbocycles. The van der Waals surface area contributed by atoms with Gasteiger partial charge in [0.1, 0.15) is 5.69 Å². The van der Waals surface area contributed by atoms with Crippen LogP contribution in [0.25, 0.3) is 0 Å². The minimum atomic E-state index is -0.0281. The van der Waals surface area contributed by atoms with E-state index in [1.807, 2.05) is 6.07 Å². The van der Waals surface area contributed by atoms with E-state index < -0.39 is 0 Å². The summed E-state index contributed by atoms with van der Waals surface area (Å²) in [7, 11) is 0. The van der Waals surface area contributed by atoms with Gasteiger partial charge in [-0.25, -0.2) is 0 Å². The summed E-state index contributed by atoms with van der Waals surface area (Å²) in [6, 6.07) is 14.6. The number of benzene rings is 1. The standard InChI is InChI=1S/C18H19N3O/c22-18-17-15(7-4-8-19-17)16-12-21(11-14(16)9-20-18)10-13-5-2-1-3-6-13/h1-8,14,16H,9-12H2,(H,20,22)/t14-,16-/m0/s1. The molecule has 2 aromatic rings. The highest BCUT2D eigenvalue weighted by Gasteiger charge is 2.38. The Morgan fingerprint density at radius 3 is 2.86 bits per heavy atom. The van der Waals surface area contributed by atoms with E-state index in [2.05, 4.69) is 51.6 Å². The SMILES string of the molecule is O=C1NC[C@H]2CN(Cc3ccccc3)C[C@@H]2c2cccnc21. The molecule has 0 bridgehead atoms. The Morgan fingerprint density at radius 1 is 1.14 bits per heavy atom. The highest BCUT2D eigenvalue weighted by molar-refractivity contribution is 5.94. The van der Waals surface area contributed by atoms with Crippen LogP contribution in [-0.4, -0.2) is 35.4 Å². The van der Waals surface area contributed by atoms with Gasteiger partial charge in [0, 0.05) is 38.3 Å². The Balaban J connectivity index is 1.58. The van der Waals surface area contributed by atoms with Gasteiger partial charge in [0.25, 0.3) is 5.91 Å². The van der Waals surface area contributed by atoms with Crippen LogP contribution >= 0.6 is 0 Å². The Kier molecular flexibility index (Phi) is 3.39. The highest BCUT2D eigenvalue weighted by atomic mass is 16.1. The summed E-state index contributed by atoms with van der Waals surface area (Å²) < 4.78 is 0. The maximum atomic E-state index is 12.1. The first kappa shape index (κ1) is 13.5. The van der Waals surface area contributed by atoms with Crippen molar-refractivity contribution in [1.82, 2.24) is 15.2 Å². The lowest BCUT2D eigenvalue weighted by Gasteiger charge is -2.17. The molecule has 112 valence electrons. The summed E-state index contributed by atoms with van der Waals surface area (Å²) in [5.41, 5.74) is 3.06. The van der Waals surface area contributed by atoms with Crippen molar-refractivity contribution in [2.75, 3.05) is 19.6 Å². The Morgan fingerprint density at radius 2 is 2.00 bits per heavy atom. The molecule has 4 nitrogen and oxygen atoms in total. The van der Waals surface area contributed by atoms with E-state index in [0.717, 1.165) is 31.7 Å². The van der Waals surface area contributed by atoms with Crippen LogP contribution in [0.4, 0.5) is 0 Å². The molecule has 0 aliphatic carbocycles. The number of likely N-dealkylation sites (tertiary alicyclic amines) is 1. The maximum Gasteiger partial charge on any atom is 0.270 e. The zero-order chi connectivity index (χ0) is 14.9. The molecule has 1 amide bonds. The number of pyridine rings is 1. The van der Waals surface area contributed by atoms with Crippen molar-refractivity contribution < 1.29 is 4.79 Å². The quantitative estimate of drug-likeness (QED) is 0.921. The fourth-order valence-electron chi connectivity index (χ4n) is 3.70. The number of carbonyl (C=O) groups is 1. The molecule has 4 rings (SSSR count). The zero-order valence-corrected chi connectivity index (χ0v) is 12.4. The number of amides is 1. The molecule has 1 aromatic carbocycles. The van der Waals surface area contributed by atoms with Gasteiger partial charge < -0.3 is 5.32 Å². The highest BCUT2D eigenvalue weighted by Crippen LogP contribution is 2.35. The molecule has 3 heterocycles. The van der Waals surface area contributed by atoms with Crippen LogP contribution in [-0.2, 0) is 6.54 Å². The summed E-state index contributed by atoms with van der Waals surface area (Å²) in [5.74, 6) is 0.837. The first-order valence-corrected chi connectivity index (χ1v) is 7.80. The third kappa shape index (κ3) is 2.40. The van der Waals surface area contributed by atoms with Crippen molar-refractivity contribution >= 4 is 5.91 Å². The predicted molar refractivity (Wildman–Crippen MR) is 84.5 cm³/mol. The Hall–Kier alpha value is -2.20. The van der Waals surface area contributed by atoms with E-state index in [1.54, 1.807) is 6.20 Å². The lowest BCUT2D eigenvalue weighted by molar-refractivity contribution is 0.0946. The summed E-state index contributed by atoms with van der Waals surface area (Å²) in [6.45, 7) is 3.73. The molecule has 1 aromatic heterocycles. The van der Waals surface area contributed by atoms with Crippen LogP contribution < -0.4 is 5.32 Å². The molecule has 4 heteroatoms. The normalized spacial score (nSPS) is 24.3. The lowest BCUT2D eigenvalue weighted by Crippen LogP contribution is -2.30. The van der Waals surface area contributed by atoms with Crippen molar-refractivity contribution in [2.24, 2.45) is 5.92 Å². The first-order valence-electron chi connectivity index (χ1n) is 7.80. The van der Waals surface area contributed by atoms with Crippen molar-refractivity contribution in [3.05, 3.63) is 65.5 Å². The maximum absolute atomic E-state index is 12.1. The molecular weight excluding hydrogens is 274 g/mol. The van der Waals surface area contributed by atoms with Gasteiger partial charge >= 0.3 is 0 Å². The van der Waals surface area contributed by atoms with Gasteiger partial charge in [-0.1, -0.05) is 36.4 Å². The fourth-order valence-corrected chi connectivity index (χ4v) is 3.70. The number of rotatable bonds is 2. The molecule has 22 heavy (non-hydrogen) atoms. The molecule has 1 N–H and O–H groups in total. The third-order valence-corrected chi connectivity index (χ3v) is 4.74. The molecule has 2 atom stereocenters. The molecule has 1 saturated heterocycles. The van der Waals surface area contributed by atoms with Gasteiger partial charge in [0.15, 0.2) is 0 Å². The Labute approximate surface area is 130 Å². The zero-order valence-electron chi connectivity index (χ0n) is 12.4. The van der Waals surface area contributed by atoms with Crippen LogP contribution in [0, 0.1) is 5.92 Å². The largest absolute Gasteiger partial charge is 0.350 e.